The lowest BCUT2D eigenvalue weighted by Gasteiger charge is -2.35. The van der Waals surface area contributed by atoms with Crippen molar-refractivity contribution < 1.29 is 9.47 Å². The summed E-state index contributed by atoms with van der Waals surface area (Å²) in [5.41, 5.74) is 2.37. The first kappa shape index (κ1) is 14.4. The average molecular weight is 263 g/mol. The van der Waals surface area contributed by atoms with Crippen molar-refractivity contribution in [2.24, 2.45) is 0 Å². The van der Waals surface area contributed by atoms with Gasteiger partial charge in [-0.05, 0) is 44.5 Å². The van der Waals surface area contributed by atoms with Gasteiger partial charge in [0.25, 0.3) is 0 Å². The van der Waals surface area contributed by atoms with E-state index in [1.54, 1.807) is 0 Å². The lowest BCUT2D eigenvalue weighted by molar-refractivity contribution is -0.0388. The normalized spacial score (nSPS) is 16.0. The van der Waals surface area contributed by atoms with Crippen LogP contribution in [-0.2, 0) is 11.2 Å². The number of likely N-dealkylation sites (N-methyl/N-ethyl adjacent to an activating group) is 1. The van der Waals surface area contributed by atoms with Crippen molar-refractivity contribution in [1.82, 2.24) is 5.32 Å². The first-order chi connectivity index (χ1) is 9.08. The summed E-state index contributed by atoms with van der Waals surface area (Å²) in [7, 11) is 0. The molecule has 1 unspecified atom stereocenters. The monoisotopic (exact) mass is 263 g/mol. The smallest absolute Gasteiger partial charge is 0.122 e. The maximum absolute atomic E-state index is 5.92. The van der Waals surface area contributed by atoms with Crippen molar-refractivity contribution >= 4 is 0 Å². The summed E-state index contributed by atoms with van der Waals surface area (Å²) in [5.74, 6) is 1.04. The lowest BCUT2D eigenvalue weighted by Crippen LogP contribution is -2.41. The number of hydrogen-bond acceptors (Lipinski definition) is 3. The van der Waals surface area contributed by atoms with E-state index >= 15 is 0 Å². The van der Waals surface area contributed by atoms with Crippen LogP contribution in [0.3, 0.4) is 0 Å². The third kappa shape index (κ3) is 3.10. The molecule has 1 aliphatic rings. The Balaban J connectivity index is 2.28. The summed E-state index contributed by atoms with van der Waals surface area (Å²) < 4.78 is 11.5. The minimum absolute atomic E-state index is 0.198. The molecule has 3 heteroatoms. The Kier molecular flexibility index (Phi) is 4.48. The predicted octanol–water partition coefficient (Wildman–Crippen LogP) is 3.09. The maximum Gasteiger partial charge on any atom is 0.122 e. The van der Waals surface area contributed by atoms with Crippen LogP contribution < -0.4 is 10.1 Å². The van der Waals surface area contributed by atoms with Crippen LogP contribution in [0, 0.1) is 0 Å². The van der Waals surface area contributed by atoms with Gasteiger partial charge in [-0.25, -0.2) is 0 Å². The Morgan fingerprint density at radius 1 is 1.37 bits per heavy atom. The summed E-state index contributed by atoms with van der Waals surface area (Å²) in [4.78, 5) is 0. The first-order valence-corrected chi connectivity index (χ1v) is 7.21. The molecule has 1 aromatic carbocycles. The van der Waals surface area contributed by atoms with Gasteiger partial charge in [-0.3, -0.25) is 0 Å². The minimum atomic E-state index is -0.224. The molecule has 0 spiro atoms. The number of benzene rings is 1. The molecule has 0 radical (unpaired) electrons. The zero-order valence-corrected chi connectivity index (χ0v) is 12.5. The van der Waals surface area contributed by atoms with Gasteiger partial charge >= 0.3 is 0 Å². The van der Waals surface area contributed by atoms with Gasteiger partial charge in [-0.2, -0.15) is 0 Å². The van der Waals surface area contributed by atoms with E-state index in [9.17, 15) is 0 Å². The Morgan fingerprint density at radius 2 is 2.16 bits per heavy atom. The van der Waals surface area contributed by atoms with Crippen molar-refractivity contribution in [2.45, 2.75) is 45.8 Å². The third-order valence-electron chi connectivity index (χ3n) is 3.67. The number of nitrogens with one attached hydrogen (secondary N) is 1. The predicted molar refractivity (Wildman–Crippen MR) is 77.8 cm³/mol. The number of rotatable bonds is 6. The molecule has 1 aromatic rings. The fourth-order valence-electron chi connectivity index (χ4n) is 2.81. The van der Waals surface area contributed by atoms with E-state index in [0.29, 0.717) is 0 Å². The molecule has 2 rings (SSSR count). The highest BCUT2D eigenvalue weighted by Gasteiger charge is 2.31. The van der Waals surface area contributed by atoms with Gasteiger partial charge in [0.15, 0.2) is 0 Å². The van der Waals surface area contributed by atoms with Crippen molar-refractivity contribution in [1.29, 1.82) is 0 Å². The van der Waals surface area contributed by atoms with E-state index in [4.69, 9.17) is 9.47 Å². The Labute approximate surface area is 116 Å². The van der Waals surface area contributed by atoms with Crippen molar-refractivity contribution in [3.05, 3.63) is 29.3 Å². The van der Waals surface area contributed by atoms with Crippen LogP contribution in [0.25, 0.3) is 0 Å². The quantitative estimate of drug-likeness (QED) is 0.855. The second-order valence-corrected chi connectivity index (χ2v) is 5.49. The summed E-state index contributed by atoms with van der Waals surface area (Å²) in [6.45, 7) is 10.9. The van der Waals surface area contributed by atoms with Gasteiger partial charge < -0.3 is 14.8 Å². The van der Waals surface area contributed by atoms with E-state index in [2.05, 4.69) is 44.3 Å². The van der Waals surface area contributed by atoms with Crippen molar-refractivity contribution in [3.63, 3.8) is 0 Å². The van der Waals surface area contributed by atoms with E-state index in [1.165, 1.54) is 11.1 Å². The second-order valence-electron chi connectivity index (χ2n) is 5.49. The van der Waals surface area contributed by atoms with Crippen molar-refractivity contribution in [3.8, 4) is 5.75 Å². The Bertz CT molecular complexity index is 429. The molecule has 0 saturated heterocycles. The summed E-state index contributed by atoms with van der Waals surface area (Å²) >= 11 is 0. The highest BCUT2D eigenvalue weighted by Crippen LogP contribution is 2.33. The number of ether oxygens (including phenoxy) is 2. The van der Waals surface area contributed by atoms with Crippen LogP contribution in [0.2, 0.25) is 0 Å². The molecule has 3 nitrogen and oxygen atoms in total. The number of hydrogen-bond donors (Lipinski definition) is 1. The third-order valence-corrected chi connectivity index (χ3v) is 3.67. The van der Waals surface area contributed by atoms with Crippen molar-refractivity contribution in [2.75, 3.05) is 19.8 Å². The highest BCUT2D eigenvalue weighted by molar-refractivity contribution is 5.41. The van der Waals surface area contributed by atoms with Gasteiger partial charge in [0.05, 0.1) is 18.2 Å². The van der Waals surface area contributed by atoms with Gasteiger partial charge in [0, 0.05) is 13.0 Å². The molecule has 1 heterocycles. The molecule has 1 atom stereocenters. The van der Waals surface area contributed by atoms with Gasteiger partial charge in [0.2, 0.25) is 0 Å². The Morgan fingerprint density at radius 3 is 2.84 bits per heavy atom. The maximum atomic E-state index is 5.92. The zero-order valence-electron chi connectivity index (χ0n) is 12.5. The second kappa shape index (κ2) is 5.93. The molecule has 0 bridgehead atoms. The van der Waals surface area contributed by atoms with Gasteiger partial charge in [0.1, 0.15) is 5.75 Å². The molecule has 1 aliphatic heterocycles. The van der Waals surface area contributed by atoms with Gasteiger partial charge in [-0.15, -0.1) is 0 Å². The molecule has 0 saturated carbocycles. The molecule has 0 amide bonds. The molecule has 106 valence electrons. The molecule has 19 heavy (non-hydrogen) atoms. The number of fused-ring (bicyclic) bond motifs is 1. The van der Waals surface area contributed by atoms with Crippen LogP contribution in [0.15, 0.2) is 18.2 Å². The fourth-order valence-corrected chi connectivity index (χ4v) is 2.81. The topological polar surface area (TPSA) is 30.5 Å². The lowest BCUT2D eigenvalue weighted by atomic mass is 9.90. The molecular weight excluding hydrogens is 238 g/mol. The molecule has 0 aliphatic carbocycles. The van der Waals surface area contributed by atoms with Gasteiger partial charge in [-0.1, -0.05) is 19.1 Å². The van der Waals surface area contributed by atoms with Crippen LogP contribution in [0.1, 0.15) is 44.9 Å². The molecule has 0 fully saturated rings. The van der Waals surface area contributed by atoms with Crippen LogP contribution in [0.4, 0.5) is 0 Å². The van der Waals surface area contributed by atoms with E-state index in [0.717, 1.165) is 31.9 Å². The first-order valence-electron chi connectivity index (χ1n) is 7.21. The van der Waals surface area contributed by atoms with E-state index in [1.807, 2.05) is 6.92 Å². The molecule has 0 aromatic heterocycles. The van der Waals surface area contributed by atoms with Crippen LogP contribution in [0.5, 0.6) is 5.75 Å². The Hall–Kier alpha value is -1.06. The highest BCUT2D eigenvalue weighted by atomic mass is 16.5. The largest absolute Gasteiger partial charge is 0.493 e. The summed E-state index contributed by atoms with van der Waals surface area (Å²) in [6, 6.07) is 6.70. The molecule has 1 N–H and O–H groups in total. The fraction of sp³-hybridized carbons (Fsp3) is 0.625. The SMILES string of the molecule is CCNC(c1ccc2c(c1)CCO2)C(C)(C)OCC. The van der Waals surface area contributed by atoms with Crippen LogP contribution >= 0.6 is 0 Å². The standard InChI is InChI=1S/C16H25NO2/c1-5-17-15(16(3,4)19-6-2)13-7-8-14-12(11-13)9-10-18-14/h7-8,11,15,17H,5-6,9-10H2,1-4H3. The van der Waals surface area contributed by atoms with E-state index < -0.39 is 0 Å². The zero-order chi connectivity index (χ0) is 13.9. The van der Waals surface area contributed by atoms with E-state index in [-0.39, 0.29) is 11.6 Å². The summed E-state index contributed by atoms with van der Waals surface area (Å²) in [6.07, 6.45) is 1.01. The summed E-state index contributed by atoms with van der Waals surface area (Å²) in [5, 5.41) is 3.55. The molecular formula is C16H25NO2. The minimum Gasteiger partial charge on any atom is -0.493 e. The van der Waals surface area contributed by atoms with Crippen LogP contribution in [-0.4, -0.2) is 25.4 Å². The average Bonchev–Trinajstić information content (AvgIpc) is 2.82.